The van der Waals surface area contributed by atoms with Crippen LogP contribution in [-0.2, 0) is 32.8 Å². The lowest BCUT2D eigenvalue weighted by atomic mass is 10.0. The van der Waals surface area contributed by atoms with E-state index >= 15 is 0 Å². The van der Waals surface area contributed by atoms with Crippen LogP contribution < -0.4 is 5.32 Å². The molecule has 4 rings (SSSR count). The van der Waals surface area contributed by atoms with Gasteiger partial charge in [0.25, 0.3) is 5.91 Å². The fourth-order valence-electron chi connectivity index (χ4n) is 3.74. The van der Waals surface area contributed by atoms with Gasteiger partial charge in [-0.2, -0.15) is 4.31 Å². The first kappa shape index (κ1) is 23.2. The highest BCUT2D eigenvalue weighted by atomic mass is 32.2. The predicted octanol–water partition coefficient (Wildman–Crippen LogP) is 3.48. The Morgan fingerprint density at radius 2 is 1.58 bits per heavy atom. The van der Waals surface area contributed by atoms with Gasteiger partial charge in [-0.05, 0) is 60.0 Å². The summed E-state index contributed by atoms with van der Waals surface area (Å²) in [7, 11) is -7.10. The van der Waals surface area contributed by atoms with Crippen molar-refractivity contribution in [3.8, 4) is 0 Å². The van der Waals surface area contributed by atoms with E-state index in [0.717, 1.165) is 11.1 Å². The topological polar surface area (TPSA) is 101 Å². The first-order valence-electron chi connectivity index (χ1n) is 10.5. The van der Waals surface area contributed by atoms with Crippen LogP contribution in [0.2, 0.25) is 0 Å². The lowest BCUT2D eigenvalue weighted by Crippen LogP contribution is -2.36. The van der Waals surface area contributed by atoms with Crippen molar-refractivity contribution in [2.24, 2.45) is 0 Å². The number of sulfone groups is 1. The van der Waals surface area contributed by atoms with E-state index in [1.54, 1.807) is 6.92 Å². The van der Waals surface area contributed by atoms with Crippen LogP contribution in [0.5, 0.6) is 0 Å². The van der Waals surface area contributed by atoms with Crippen molar-refractivity contribution in [3.63, 3.8) is 0 Å². The summed E-state index contributed by atoms with van der Waals surface area (Å²) < 4.78 is 51.8. The van der Waals surface area contributed by atoms with Gasteiger partial charge in [-0.1, -0.05) is 37.3 Å². The van der Waals surface area contributed by atoms with Crippen molar-refractivity contribution in [1.29, 1.82) is 0 Å². The fraction of sp³-hybridized carbons (Fsp3) is 0.208. The highest BCUT2D eigenvalue weighted by molar-refractivity contribution is 7.91. The van der Waals surface area contributed by atoms with Crippen LogP contribution in [0.1, 0.15) is 28.4 Å². The van der Waals surface area contributed by atoms with Gasteiger partial charge in [0.2, 0.25) is 10.0 Å². The maximum absolute atomic E-state index is 13.2. The summed E-state index contributed by atoms with van der Waals surface area (Å²) in [5, 5.41) is 2.68. The van der Waals surface area contributed by atoms with Gasteiger partial charge in [0.05, 0.1) is 15.5 Å². The highest BCUT2D eigenvalue weighted by Crippen LogP contribution is 2.25. The third-order valence-electron chi connectivity index (χ3n) is 5.68. The zero-order chi connectivity index (χ0) is 23.6. The van der Waals surface area contributed by atoms with Crippen molar-refractivity contribution in [2.75, 3.05) is 17.6 Å². The second-order valence-corrected chi connectivity index (χ2v) is 12.0. The normalized spacial score (nSPS) is 14.5. The van der Waals surface area contributed by atoms with Gasteiger partial charge < -0.3 is 5.32 Å². The molecule has 172 valence electrons. The van der Waals surface area contributed by atoms with Gasteiger partial charge in [0.1, 0.15) is 0 Å². The summed E-state index contributed by atoms with van der Waals surface area (Å²) >= 11 is 0. The molecule has 0 fully saturated rings. The molecule has 7 nitrogen and oxygen atoms in total. The lowest BCUT2D eigenvalue weighted by Gasteiger charge is -2.28. The number of sulfonamides is 1. The van der Waals surface area contributed by atoms with Crippen molar-refractivity contribution < 1.29 is 21.6 Å². The second kappa shape index (κ2) is 9.09. The molecule has 0 atom stereocenters. The Morgan fingerprint density at radius 3 is 2.27 bits per heavy atom. The average molecular weight is 485 g/mol. The quantitative estimate of drug-likeness (QED) is 0.577. The third kappa shape index (κ3) is 4.85. The molecule has 0 unspecified atom stereocenters. The van der Waals surface area contributed by atoms with Crippen LogP contribution in [0.15, 0.2) is 82.6 Å². The number of nitrogens with zero attached hydrogens (tertiary/aromatic N) is 1. The van der Waals surface area contributed by atoms with Crippen LogP contribution in [0.4, 0.5) is 5.69 Å². The Morgan fingerprint density at radius 1 is 0.879 bits per heavy atom. The molecule has 3 aromatic carbocycles. The molecule has 0 spiro atoms. The van der Waals surface area contributed by atoms with Crippen molar-refractivity contribution in [1.82, 2.24) is 4.31 Å². The molecule has 0 aliphatic carbocycles. The average Bonchev–Trinajstić information content (AvgIpc) is 2.84. The van der Waals surface area contributed by atoms with Crippen LogP contribution in [0.3, 0.4) is 0 Å². The molecule has 3 aromatic rings. The Labute approximate surface area is 194 Å². The molecule has 1 heterocycles. The zero-order valence-corrected chi connectivity index (χ0v) is 19.7. The highest BCUT2D eigenvalue weighted by Gasteiger charge is 2.28. The number of hydrogen-bond donors (Lipinski definition) is 1. The van der Waals surface area contributed by atoms with Gasteiger partial charge in [-0.15, -0.1) is 0 Å². The Kier molecular flexibility index (Phi) is 6.38. The molecule has 0 saturated heterocycles. The first-order chi connectivity index (χ1) is 15.7. The van der Waals surface area contributed by atoms with E-state index in [2.05, 4.69) is 5.32 Å². The molecule has 1 N–H and O–H groups in total. The van der Waals surface area contributed by atoms with E-state index in [1.807, 2.05) is 24.3 Å². The minimum atomic E-state index is -3.77. The van der Waals surface area contributed by atoms with E-state index in [0.29, 0.717) is 25.2 Å². The van der Waals surface area contributed by atoms with Crippen molar-refractivity contribution in [2.45, 2.75) is 29.7 Å². The van der Waals surface area contributed by atoms with E-state index in [1.165, 1.54) is 52.8 Å². The summed E-state index contributed by atoms with van der Waals surface area (Å²) in [5.41, 5.74) is 2.74. The van der Waals surface area contributed by atoms with E-state index < -0.39 is 25.8 Å². The SMILES string of the molecule is CCS(=O)(=O)c1ccc(NC(=O)c2cccc(S(=O)(=O)N3CCc4ccccc4C3)c2)cc1. The Hall–Kier alpha value is -3.01. The minimum absolute atomic E-state index is 0.0113. The number of amides is 1. The smallest absolute Gasteiger partial charge is 0.255 e. The maximum Gasteiger partial charge on any atom is 0.255 e. The second-order valence-electron chi connectivity index (χ2n) is 7.77. The van der Waals surface area contributed by atoms with Gasteiger partial charge in [0.15, 0.2) is 9.84 Å². The molecular weight excluding hydrogens is 460 g/mol. The Balaban J connectivity index is 1.52. The van der Waals surface area contributed by atoms with Gasteiger partial charge in [-0.25, -0.2) is 16.8 Å². The number of benzene rings is 3. The maximum atomic E-state index is 13.2. The molecule has 9 heteroatoms. The van der Waals surface area contributed by atoms with Crippen LogP contribution in [0, 0.1) is 0 Å². The van der Waals surface area contributed by atoms with Gasteiger partial charge in [0, 0.05) is 24.3 Å². The molecule has 33 heavy (non-hydrogen) atoms. The number of nitrogens with one attached hydrogen (secondary N) is 1. The van der Waals surface area contributed by atoms with Gasteiger partial charge >= 0.3 is 0 Å². The molecule has 0 aromatic heterocycles. The fourth-order valence-corrected chi connectivity index (χ4v) is 6.09. The zero-order valence-electron chi connectivity index (χ0n) is 18.1. The monoisotopic (exact) mass is 484 g/mol. The molecule has 0 radical (unpaired) electrons. The largest absolute Gasteiger partial charge is 0.322 e. The molecule has 1 aliphatic rings. The molecular formula is C24H24N2O5S2. The summed E-state index contributed by atoms with van der Waals surface area (Å²) in [6, 6.07) is 19.6. The van der Waals surface area contributed by atoms with Crippen LogP contribution >= 0.6 is 0 Å². The number of rotatable bonds is 6. The van der Waals surface area contributed by atoms with E-state index in [9.17, 15) is 21.6 Å². The third-order valence-corrected chi connectivity index (χ3v) is 9.27. The predicted molar refractivity (Wildman–Crippen MR) is 126 cm³/mol. The molecule has 0 bridgehead atoms. The number of fused-ring (bicyclic) bond motifs is 1. The van der Waals surface area contributed by atoms with E-state index in [4.69, 9.17) is 0 Å². The van der Waals surface area contributed by atoms with Crippen molar-refractivity contribution in [3.05, 3.63) is 89.5 Å². The number of carbonyl (C=O) groups is 1. The lowest BCUT2D eigenvalue weighted by molar-refractivity contribution is 0.102. The number of hydrogen-bond acceptors (Lipinski definition) is 5. The summed E-state index contributed by atoms with van der Waals surface area (Å²) in [6.45, 7) is 2.24. The van der Waals surface area contributed by atoms with E-state index in [-0.39, 0.29) is 21.1 Å². The van der Waals surface area contributed by atoms with Gasteiger partial charge in [-0.3, -0.25) is 4.79 Å². The molecule has 1 aliphatic heterocycles. The molecule has 0 saturated carbocycles. The number of carbonyl (C=O) groups excluding carboxylic acids is 1. The first-order valence-corrected chi connectivity index (χ1v) is 13.6. The standard InChI is InChI=1S/C24H24N2O5S2/c1-2-32(28,29)22-12-10-21(11-13-22)25-24(27)19-8-5-9-23(16-19)33(30,31)26-15-14-18-6-3-4-7-20(18)17-26/h3-13,16H,2,14-15,17H2,1H3,(H,25,27). The van der Waals surface area contributed by atoms with Crippen molar-refractivity contribution >= 4 is 31.5 Å². The Bertz CT molecular complexity index is 1400. The summed E-state index contributed by atoms with van der Waals surface area (Å²) in [4.78, 5) is 13.0. The van der Waals surface area contributed by atoms with Crippen LogP contribution in [0.25, 0.3) is 0 Å². The minimum Gasteiger partial charge on any atom is -0.322 e. The summed E-state index contributed by atoms with van der Waals surface area (Å²) in [6.07, 6.45) is 0.638. The molecule has 1 amide bonds. The number of anilines is 1. The summed E-state index contributed by atoms with van der Waals surface area (Å²) in [5.74, 6) is -0.495. The van der Waals surface area contributed by atoms with Crippen LogP contribution in [-0.4, -0.2) is 39.3 Å².